The van der Waals surface area contributed by atoms with E-state index in [0.29, 0.717) is 25.8 Å². The fourth-order valence-corrected chi connectivity index (χ4v) is 8.47. The predicted molar refractivity (Wildman–Crippen MR) is 227 cm³/mol. The summed E-state index contributed by atoms with van der Waals surface area (Å²) in [6.07, 6.45) is 4.35. The number of phosphoric ester groups is 1. The van der Waals surface area contributed by atoms with E-state index in [1.807, 2.05) is 48.6 Å². The molecule has 3 aromatic carbocycles. The number of hydrogen-bond acceptors (Lipinski definition) is 8. The fourth-order valence-electron chi connectivity index (χ4n) is 7.25. The molecule has 14 nitrogen and oxygen atoms in total. The van der Waals surface area contributed by atoms with Gasteiger partial charge in [0.1, 0.15) is 6.54 Å². The third-order valence-electron chi connectivity index (χ3n) is 10.1. The molecule has 4 amide bonds. The van der Waals surface area contributed by atoms with Crippen LogP contribution in [0.4, 0.5) is 30.6 Å². The number of unbranched alkanes of at least 4 members (excludes halogenated alkanes) is 1. The van der Waals surface area contributed by atoms with E-state index < -0.39 is 43.7 Å². The lowest BCUT2D eigenvalue weighted by Gasteiger charge is -2.25. The van der Waals surface area contributed by atoms with Crippen LogP contribution in [0.2, 0.25) is 0 Å². The Morgan fingerprint density at radius 1 is 0.934 bits per heavy atom. The van der Waals surface area contributed by atoms with Gasteiger partial charge >= 0.3 is 20.2 Å². The molecule has 2 heterocycles. The van der Waals surface area contributed by atoms with E-state index in [0.717, 1.165) is 40.5 Å². The van der Waals surface area contributed by atoms with Gasteiger partial charge in [0.15, 0.2) is 11.5 Å². The van der Waals surface area contributed by atoms with Crippen molar-refractivity contribution in [3.8, 4) is 5.75 Å². The maximum absolute atomic E-state index is 13.9. The van der Waals surface area contributed by atoms with Gasteiger partial charge in [0, 0.05) is 74.3 Å². The van der Waals surface area contributed by atoms with Gasteiger partial charge in [0.05, 0.1) is 29.9 Å². The summed E-state index contributed by atoms with van der Waals surface area (Å²) in [7, 11) is -4.15. The van der Waals surface area contributed by atoms with E-state index in [2.05, 4.69) is 52.6 Å². The minimum Gasteiger partial charge on any atom is -0.598 e. The molecule has 0 unspecified atom stereocenters. The first-order valence-electron chi connectivity index (χ1n) is 20.2. The van der Waals surface area contributed by atoms with Gasteiger partial charge in [0.25, 0.3) is 6.43 Å². The average Bonchev–Trinajstić information content (AvgIpc) is 3.69. The van der Waals surface area contributed by atoms with Crippen LogP contribution < -0.4 is 30.3 Å². The molecule has 61 heavy (non-hydrogen) atoms. The highest BCUT2D eigenvalue weighted by atomic mass is 31.2. The standard InChI is InChI=1S/C44H52F2N5O9P/c1-5-58-61(57,59-6-2)60-37-22-21-31(29-33(37)42(45)46)49-40(53)24-23-39(52)47-25-26-48-43(56)51-32(28-30-14-7-9-17-35(30)51)15-13-19-38-44(3,4)34-16-8-10-18-36(34)50(38)27-12-11-20-41(54)55/h7-10,13-19,21-22,29,42H,5-6,11-12,20,23-28H2,1-4H3,(H3-,47,48,49,52,53,54,55,56)/p+1. The van der Waals surface area contributed by atoms with Crippen LogP contribution >= 0.6 is 8.17 Å². The summed E-state index contributed by atoms with van der Waals surface area (Å²) in [5.74, 6) is -2.29. The Hall–Kier alpha value is -5.54. The van der Waals surface area contributed by atoms with Crippen LogP contribution in [0.1, 0.15) is 82.9 Å². The highest BCUT2D eigenvalue weighted by Gasteiger charge is 2.44. The molecule has 5 rings (SSSR count). The Morgan fingerprint density at radius 3 is 2.34 bits per heavy atom. The van der Waals surface area contributed by atoms with Crippen molar-refractivity contribution in [1.82, 2.24) is 10.6 Å². The number of nitrogens with one attached hydrogen (secondary N) is 3. The van der Waals surface area contributed by atoms with Crippen LogP contribution in [0.25, 0.3) is 0 Å². The van der Waals surface area contributed by atoms with Crippen molar-refractivity contribution in [1.29, 1.82) is 0 Å². The first-order valence-corrected chi connectivity index (χ1v) is 21.7. The smallest absolute Gasteiger partial charge is 0.429 e. The molecule has 2 aliphatic heterocycles. The molecule has 0 fully saturated rings. The minimum atomic E-state index is -4.15. The molecule has 0 atom stereocenters. The maximum atomic E-state index is 13.9. The molecule has 0 saturated carbocycles. The number of alkyl halides is 2. The number of para-hydroxylation sites is 2. The number of nitrogens with zero attached hydrogens (tertiary/aromatic N) is 2. The predicted octanol–water partition coefficient (Wildman–Crippen LogP) is 7.49. The molecule has 4 N–H and O–H groups in total. The van der Waals surface area contributed by atoms with E-state index >= 15 is 0 Å². The van der Waals surface area contributed by atoms with Crippen molar-refractivity contribution in [3.05, 3.63) is 107 Å². The van der Waals surface area contributed by atoms with Gasteiger partial charge in [-0.05, 0) is 70.0 Å². The van der Waals surface area contributed by atoms with Gasteiger partial charge in [-0.2, -0.15) is 13.6 Å². The second-order valence-electron chi connectivity index (χ2n) is 14.7. The third-order valence-corrected chi connectivity index (χ3v) is 11.6. The second kappa shape index (κ2) is 21.3. The molecular weight excluding hydrogens is 811 g/mol. The highest BCUT2D eigenvalue weighted by Crippen LogP contribution is 2.54. The molecule has 0 aromatic heterocycles. The molecule has 2 aliphatic rings. The number of carbonyl (C=O) groups is 4. The molecule has 326 valence electrons. The Balaban J connectivity index is 1.15. The van der Waals surface area contributed by atoms with Crippen molar-refractivity contribution in [2.45, 2.75) is 78.1 Å². The number of amides is 4. The fraction of sp³-hybridized carbons (Fsp3) is 0.386. The summed E-state index contributed by atoms with van der Waals surface area (Å²) < 4.78 is 45.3. The number of anilines is 2. The summed E-state index contributed by atoms with van der Waals surface area (Å²) in [5, 5.41) is 17.2. The number of aliphatic carboxylic acids is 1. The number of rotatable bonds is 21. The molecule has 0 saturated heterocycles. The minimum absolute atomic E-state index is 0.0180. The molecule has 0 aliphatic carbocycles. The zero-order valence-corrected chi connectivity index (χ0v) is 35.6. The average molecular weight is 865 g/mol. The van der Waals surface area contributed by atoms with E-state index in [4.69, 9.17) is 18.7 Å². The molecule has 0 radical (unpaired) electrons. The van der Waals surface area contributed by atoms with Crippen LogP contribution in [0, 0.1) is 0 Å². The molecular formula is C44H53F2N5O9P+. The van der Waals surface area contributed by atoms with Crippen molar-refractivity contribution < 1.29 is 56.1 Å². The Kier molecular flexibility index (Phi) is 16.3. The molecule has 0 bridgehead atoms. The second-order valence-corrected chi connectivity index (χ2v) is 16.3. The summed E-state index contributed by atoms with van der Waals surface area (Å²) in [5.41, 5.74) is 4.89. The number of allylic oxidation sites excluding steroid dienone is 4. The van der Waals surface area contributed by atoms with E-state index in [1.165, 1.54) is 11.6 Å². The zero-order valence-electron chi connectivity index (χ0n) is 34.7. The molecule has 3 aromatic rings. The van der Waals surface area contributed by atoms with Gasteiger partial charge in [-0.3, -0.25) is 23.8 Å². The SMILES string of the molecule is CCO[P+]([O-])(OCC)Oc1ccc(NC(=O)CCC(=O)NCCNC(=O)N2C(=CC=CC3=[N+](CCCCC(=O)O)c4ccccc4C3(C)C)Cc3ccccc32)cc1C(F)F. The number of phosphoric acid groups is 1. The molecule has 0 spiro atoms. The van der Waals surface area contributed by atoms with Gasteiger partial charge in [-0.1, -0.05) is 42.5 Å². The zero-order chi connectivity index (χ0) is 44.2. The third kappa shape index (κ3) is 12.1. The number of carbonyl (C=O) groups excluding carboxylic acids is 3. The number of fused-ring (bicyclic) bond motifs is 2. The summed E-state index contributed by atoms with van der Waals surface area (Å²) in [6.45, 7) is 8.19. The van der Waals surface area contributed by atoms with E-state index in [1.54, 1.807) is 18.7 Å². The van der Waals surface area contributed by atoms with Crippen molar-refractivity contribution in [2.75, 3.05) is 43.1 Å². The highest BCUT2D eigenvalue weighted by molar-refractivity contribution is 7.54. The molecule has 17 heteroatoms. The number of urea groups is 1. The summed E-state index contributed by atoms with van der Waals surface area (Å²) in [4.78, 5) is 64.3. The Morgan fingerprint density at radius 2 is 1.62 bits per heavy atom. The lowest BCUT2D eigenvalue weighted by molar-refractivity contribution is -0.438. The largest absolute Gasteiger partial charge is 0.598 e. The Bertz CT molecular complexity index is 2170. The number of carboxylic acids is 1. The quantitative estimate of drug-likeness (QED) is 0.0479. The number of benzene rings is 3. The van der Waals surface area contributed by atoms with Crippen molar-refractivity contribution in [3.63, 3.8) is 0 Å². The van der Waals surface area contributed by atoms with Crippen molar-refractivity contribution >= 4 is 54.8 Å². The van der Waals surface area contributed by atoms with Crippen LogP contribution in [-0.2, 0) is 35.3 Å². The number of halogens is 2. The number of hydrogen-bond donors (Lipinski definition) is 4. The van der Waals surface area contributed by atoms with Crippen LogP contribution in [-0.4, -0.2) is 72.1 Å². The topological polar surface area (TPSA) is 182 Å². The lowest BCUT2D eigenvalue weighted by atomic mass is 9.81. The summed E-state index contributed by atoms with van der Waals surface area (Å²) in [6, 6.07) is 18.8. The first-order chi connectivity index (χ1) is 29.2. The summed E-state index contributed by atoms with van der Waals surface area (Å²) >= 11 is 0. The van der Waals surface area contributed by atoms with E-state index in [-0.39, 0.29) is 62.7 Å². The normalized spacial score (nSPS) is 15.0. The first kappa shape index (κ1) is 46.5. The monoisotopic (exact) mass is 864 g/mol. The van der Waals surface area contributed by atoms with Crippen LogP contribution in [0.3, 0.4) is 0 Å². The van der Waals surface area contributed by atoms with Gasteiger partial charge < -0.3 is 26.0 Å². The van der Waals surface area contributed by atoms with Gasteiger partial charge in [0.2, 0.25) is 17.5 Å². The van der Waals surface area contributed by atoms with Gasteiger partial charge in [-0.25, -0.2) is 13.6 Å². The van der Waals surface area contributed by atoms with Crippen molar-refractivity contribution in [2.24, 2.45) is 0 Å². The maximum Gasteiger partial charge on any atom is 0.429 e. The van der Waals surface area contributed by atoms with Crippen LogP contribution in [0.5, 0.6) is 5.75 Å². The number of carboxylic acid groups (broad SMARTS) is 1. The lowest BCUT2D eigenvalue weighted by Crippen LogP contribution is -2.41. The van der Waals surface area contributed by atoms with Crippen LogP contribution in [0.15, 0.2) is 90.7 Å². The van der Waals surface area contributed by atoms with Gasteiger partial charge in [-0.15, -0.1) is 0 Å². The van der Waals surface area contributed by atoms with E-state index in [9.17, 15) is 32.9 Å². The Labute approximate surface area is 354 Å².